The Hall–Kier alpha value is -4.46. The van der Waals surface area contributed by atoms with Gasteiger partial charge < -0.3 is 4.98 Å². The zero-order valence-corrected chi connectivity index (χ0v) is 15.6. The fourth-order valence-electron chi connectivity index (χ4n) is 3.48. The van der Waals surface area contributed by atoms with E-state index >= 15 is 0 Å². The van der Waals surface area contributed by atoms with E-state index in [1.165, 1.54) is 0 Å². The molecule has 6 rings (SSSR count). The molecule has 0 spiro atoms. The maximum absolute atomic E-state index is 4.81. The topological polar surface area (TPSA) is 109 Å². The molecule has 2 N–H and O–H groups in total. The van der Waals surface area contributed by atoms with E-state index in [0.29, 0.717) is 11.5 Å². The number of hydrogen-bond donors (Lipinski definition) is 2. The Balaban J connectivity index is 1.52. The first-order valence-electron chi connectivity index (χ1n) is 9.39. The van der Waals surface area contributed by atoms with Crippen molar-refractivity contribution >= 4 is 22.1 Å². The second-order valence-electron chi connectivity index (χ2n) is 6.76. The SMILES string of the molecule is c1ccc(-c2nccc3[nH]c(-c4n[nH]c5ccc(-c6cccnc6)nc45)nc23)nc1. The molecule has 8 heteroatoms. The molecule has 6 heterocycles. The van der Waals surface area contributed by atoms with Crippen molar-refractivity contribution in [2.45, 2.75) is 0 Å². The van der Waals surface area contributed by atoms with Gasteiger partial charge in [-0.25, -0.2) is 9.97 Å². The van der Waals surface area contributed by atoms with Crippen LogP contribution in [0.1, 0.15) is 0 Å². The highest BCUT2D eigenvalue weighted by atomic mass is 15.2. The maximum atomic E-state index is 4.81. The van der Waals surface area contributed by atoms with Gasteiger partial charge in [0, 0.05) is 30.4 Å². The van der Waals surface area contributed by atoms with Crippen LogP contribution in [0, 0.1) is 0 Å². The summed E-state index contributed by atoms with van der Waals surface area (Å²) in [6, 6.07) is 15.4. The molecule has 0 unspecified atom stereocenters. The minimum Gasteiger partial charge on any atom is -0.336 e. The van der Waals surface area contributed by atoms with Crippen molar-refractivity contribution in [1.29, 1.82) is 0 Å². The lowest BCUT2D eigenvalue weighted by molar-refractivity contribution is 1.10. The largest absolute Gasteiger partial charge is 0.336 e. The van der Waals surface area contributed by atoms with Gasteiger partial charge in [-0.15, -0.1) is 0 Å². The van der Waals surface area contributed by atoms with Crippen molar-refractivity contribution < 1.29 is 0 Å². The van der Waals surface area contributed by atoms with Crippen LogP contribution in [-0.2, 0) is 0 Å². The smallest absolute Gasteiger partial charge is 0.161 e. The fraction of sp³-hybridized carbons (Fsp3) is 0. The van der Waals surface area contributed by atoms with Gasteiger partial charge in [0.25, 0.3) is 0 Å². The van der Waals surface area contributed by atoms with Crippen LogP contribution in [0.3, 0.4) is 0 Å². The van der Waals surface area contributed by atoms with Crippen molar-refractivity contribution in [3.8, 4) is 34.2 Å². The molecule has 142 valence electrons. The van der Waals surface area contributed by atoms with Crippen LogP contribution in [0.15, 0.2) is 73.3 Å². The number of pyridine rings is 4. The number of imidazole rings is 1. The summed E-state index contributed by atoms with van der Waals surface area (Å²) in [5.41, 5.74) is 7.08. The number of aromatic amines is 2. The van der Waals surface area contributed by atoms with E-state index in [4.69, 9.17) is 9.97 Å². The van der Waals surface area contributed by atoms with Gasteiger partial charge in [0.1, 0.15) is 16.7 Å². The third-order valence-corrected chi connectivity index (χ3v) is 4.90. The molecule has 30 heavy (non-hydrogen) atoms. The Bertz CT molecular complexity index is 1490. The second kappa shape index (κ2) is 6.56. The van der Waals surface area contributed by atoms with E-state index in [2.05, 4.69) is 30.1 Å². The van der Waals surface area contributed by atoms with Crippen LogP contribution in [-0.4, -0.2) is 40.1 Å². The molecular weight excluding hydrogens is 376 g/mol. The Kier molecular flexibility index (Phi) is 3.60. The van der Waals surface area contributed by atoms with Crippen molar-refractivity contribution in [3.63, 3.8) is 0 Å². The number of aromatic nitrogens is 8. The average molecular weight is 390 g/mol. The highest BCUT2D eigenvalue weighted by Crippen LogP contribution is 2.29. The quantitative estimate of drug-likeness (QED) is 0.472. The van der Waals surface area contributed by atoms with Crippen molar-refractivity contribution in [2.75, 3.05) is 0 Å². The number of nitrogens with one attached hydrogen (secondary N) is 2. The molecule has 0 atom stereocenters. The average Bonchev–Trinajstić information content (AvgIpc) is 3.43. The summed E-state index contributed by atoms with van der Waals surface area (Å²) < 4.78 is 0. The molecule has 0 fully saturated rings. The van der Waals surface area contributed by atoms with Gasteiger partial charge in [-0.1, -0.05) is 6.07 Å². The Morgan fingerprint density at radius 2 is 1.63 bits per heavy atom. The van der Waals surface area contributed by atoms with E-state index in [1.54, 1.807) is 24.8 Å². The van der Waals surface area contributed by atoms with Crippen molar-refractivity contribution in [1.82, 2.24) is 40.1 Å². The van der Waals surface area contributed by atoms with Gasteiger partial charge in [0.15, 0.2) is 11.5 Å². The number of nitrogens with zero attached hydrogens (tertiary/aromatic N) is 6. The van der Waals surface area contributed by atoms with Gasteiger partial charge in [-0.3, -0.25) is 20.1 Å². The molecule has 0 amide bonds. The van der Waals surface area contributed by atoms with E-state index in [0.717, 1.165) is 44.7 Å². The molecule has 0 aliphatic rings. The van der Waals surface area contributed by atoms with E-state index in [9.17, 15) is 0 Å². The number of H-pyrrole nitrogens is 2. The molecule has 0 aliphatic carbocycles. The molecule has 0 radical (unpaired) electrons. The van der Waals surface area contributed by atoms with Crippen LogP contribution < -0.4 is 0 Å². The molecule has 6 aromatic heterocycles. The van der Waals surface area contributed by atoms with Crippen molar-refractivity contribution in [3.05, 3.63) is 73.3 Å². The van der Waals surface area contributed by atoms with Gasteiger partial charge in [-0.05, 0) is 42.5 Å². The minimum absolute atomic E-state index is 0.622. The van der Waals surface area contributed by atoms with Crippen molar-refractivity contribution in [2.24, 2.45) is 0 Å². The molecular formula is C22H14N8. The molecule has 8 nitrogen and oxygen atoms in total. The van der Waals surface area contributed by atoms with E-state index < -0.39 is 0 Å². The van der Waals surface area contributed by atoms with Gasteiger partial charge in [0.2, 0.25) is 0 Å². The highest BCUT2D eigenvalue weighted by molar-refractivity contribution is 5.94. The van der Waals surface area contributed by atoms with Crippen LogP contribution in [0.2, 0.25) is 0 Å². The summed E-state index contributed by atoms with van der Waals surface area (Å²) >= 11 is 0. The molecule has 0 aliphatic heterocycles. The molecule has 0 bridgehead atoms. The molecule has 0 aromatic carbocycles. The Morgan fingerprint density at radius 3 is 2.50 bits per heavy atom. The lowest BCUT2D eigenvalue weighted by atomic mass is 10.2. The summed E-state index contributed by atoms with van der Waals surface area (Å²) in [6.45, 7) is 0. The summed E-state index contributed by atoms with van der Waals surface area (Å²) in [4.78, 5) is 26.0. The minimum atomic E-state index is 0.622. The van der Waals surface area contributed by atoms with E-state index in [-0.39, 0.29) is 0 Å². The second-order valence-corrected chi connectivity index (χ2v) is 6.76. The Morgan fingerprint density at radius 1 is 0.667 bits per heavy atom. The van der Waals surface area contributed by atoms with Crippen LogP contribution in [0.25, 0.3) is 56.2 Å². The summed E-state index contributed by atoms with van der Waals surface area (Å²) in [6.07, 6.45) is 7.02. The predicted octanol–water partition coefficient (Wildman–Crippen LogP) is 4.02. The van der Waals surface area contributed by atoms with E-state index in [1.807, 2.05) is 48.5 Å². The summed E-state index contributed by atoms with van der Waals surface area (Å²) in [5, 5.41) is 7.50. The van der Waals surface area contributed by atoms with Gasteiger partial charge in [0.05, 0.1) is 22.4 Å². The van der Waals surface area contributed by atoms with Gasteiger partial charge >= 0.3 is 0 Å². The standard InChI is InChI=1S/C22H14N8/c1-2-10-24-15(5-1)18-19-16(8-11-25-18)27-22(28-19)21-20-17(29-30-21)7-6-14(26-20)13-4-3-9-23-12-13/h1-12H,(H,27,28)(H,29,30). The number of fused-ring (bicyclic) bond motifs is 2. The Labute approximate surface area is 170 Å². The van der Waals surface area contributed by atoms with Crippen LogP contribution in [0.5, 0.6) is 0 Å². The first kappa shape index (κ1) is 16.5. The molecule has 6 aromatic rings. The number of hydrogen-bond acceptors (Lipinski definition) is 6. The number of rotatable bonds is 3. The maximum Gasteiger partial charge on any atom is 0.161 e. The summed E-state index contributed by atoms with van der Waals surface area (Å²) in [5.74, 6) is 0.622. The first-order chi connectivity index (χ1) is 14.9. The van der Waals surface area contributed by atoms with Crippen LogP contribution in [0.4, 0.5) is 0 Å². The molecule has 0 saturated heterocycles. The normalized spacial score (nSPS) is 11.3. The zero-order chi connectivity index (χ0) is 19.9. The zero-order valence-electron chi connectivity index (χ0n) is 15.6. The lowest BCUT2D eigenvalue weighted by Gasteiger charge is -2.00. The molecule has 0 saturated carbocycles. The fourth-order valence-corrected chi connectivity index (χ4v) is 3.48. The highest BCUT2D eigenvalue weighted by Gasteiger charge is 2.17. The first-order valence-corrected chi connectivity index (χ1v) is 9.39. The third kappa shape index (κ3) is 2.62. The van der Waals surface area contributed by atoms with Crippen LogP contribution >= 0.6 is 0 Å². The lowest BCUT2D eigenvalue weighted by Crippen LogP contribution is -1.88. The van der Waals surface area contributed by atoms with Gasteiger partial charge in [-0.2, -0.15) is 5.10 Å². The third-order valence-electron chi connectivity index (χ3n) is 4.90. The predicted molar refractivity (Wildman–Crippen MR) is 113 cm³/mol. The summed E-state index contributed by atoms with van der Waals surface area (Å²) in [7, 11) is 0. The monoisotopic (exact) mass is 390 g/mol.